The first-order valence-electron chi connectivity index (χ1n) is 8.54. The van der Waals surface area contributed by atoms with Crippen molar-refractivity contribution in [3.8, 4) is 11.5 Å². The minimum atomic E-state index is 0.589. The molecule has 1 aromatic carbocycles. The monoisotopic (exact) mass is 342 g/mol. The van der Waals surface area contributed by atoms with Crippen molar-refractivity contribution in [2.45, 2.75) is 6.54 Å². The lowest BCUT2D eigenvalue weighted by molar-refractivity contribution is 0.122. The molecule has 0 amide bonds. The van der Waals surface area contributed by atoms with Gasteiger partial charge in [0.1, 0.15) is 23.9 Å². The number of rotatable bonds is 3. The highest BCUT2D eigenvalue weighted by atomic mass is 16.5. The summed E-state index contributed by atoms with van der Waals surface area (Å²) in [6.45, 7) is 5.25. The highest BCUT2D eigenvalue weighted by Crippen LogP contribution is 2.29. The van der Waals surface area contributed by atoms with E-state index in [0.29, 0.717) is 13.2 Å². The zero-order valence-electron chi connectivity index (χ0n) is 14.4. The predicted molar refractivity (Wildman–Crippen MR) is 94.6 cm³/mol. The largest absolute Gasteiger partial charge is 0.497 e. The molecule has 2 aromatic rings. The lowest BCUT2D eigenvalue weighted by atomic mass is 10.2. The molecule has 7 nitrogen and oxygen atoms in total. The standard InChI is InChI=1S/C18H22N4O3/c1-23-15-3-2-14-13-22(8-11-25-16(14)12-15)18-19-5-4-17(20-18)21-6-9-24-10-7-21/h2-5,12H,6-11,13H2,1H3. The van der Waals surface area contributed by atoms with Gasteiger partial charge in [0.25, 0.3) is 0 Å². The summed E-state index contributed by atoms with van der Waals surface area (Å²) in [7, 11) is 1.66. The fourth-order valence-corrected chi connectivity index (χ4v) is 3.11. The van der Waals surface area contributed by atoms with Gasteiger partial charge in [0.2, 0.25) is 5.95 Å². The average Bonchev–Trinajstić information content (AvgIpc) is 2.90. The van der Waals surface area contributed by atoms with Gasteiger partial charge in [-0.25, -0.2) is 4.98 Å². The van der Waals surface area contributed by atoms with E-state index in [1.54, 1.807) is 7.11 Å². The molecule has 2 aliphatic heterocycles. The SMILES string of the molecule is COc1ccc2c(c1)OCCN(c1nccc(N3CCOCC3)n1)C2. The van der Waals surface area contributed by atoms with Crippen LogP contribution < -0.4 is 19.3 Å². The summed E-state index contributed by atoms with van der Waals surface area (Å²) in [6.07, 6.45) is 1.83. The van der Waals surface area contributed by atoms with E-state index in [0.717, 1.165) is 61.7 Å². The topological polar surface area (TPSA) is 60.0 Å². The Morgan fingerprint density at radius 1 is 1.04 bits per heavy atom. The zero-order chi connectivity index (χ0) is 17.1. The van der Waals surface area contributed by atoms with E-state index in [-0.39, 0.29) is 0 Å². The number of ether oxygens (including phenoxy) is 3. The maximum atomic E-state index is 5.89. The van der Waals surface area contributed by atoms with Crippen LogP contribution in [0.2, 0.25) is 0 Å². The van der Waals surface area contributed by atoms with Crippen molar-refractivity contribution in [2.24, 2.45) is 0 Å². The van der Waals surface area contributed by atoms with Crippen molar-refractivity contribution in [3.05, 3.63) is 36.0 Å². The van der Waals surface area contributed by atoms with Crippen LogP contribution in [0.1, 0.15) is 5.56 Å². The quantitative estimate of drug-likeness (QED) is 0.842. The van der Waals surface area contributed by atoms with Gasteiger partial charge in [0.05, 0.1) is 26.9 Å². The number of hydrogen-bond donors (Lipinski definition) is 0. The molecule has 7 heteroatoms. The van der Waals surface area contributed by atoms with Crippen molar-refractivity contribution in [1.29, 1.82) is 0 Å². The van der Waals surface area contributed by atoms with E-state index < -0.39 is 0 Å². The van der Waals surface area contributed by atoms with Gasteiger partial charge in [-0.2, -0.15) is 4.98 Å². The summed E-state index contributed by atoms with van der Waals surface area (Å²) >= 11 is 0. The van der Waals surface area contributed by atoms with Crippen molar-refractivity contribution < 1.29 is 14.2 Å². The van der Waals surface area contributed by atoms with E-state index in [1.165, 1.54) is 0 Å². The first-order chi connectivity index (χ1) is 12.3. The van der Waals surface area contributed by atoms with Crippen molar-refractivity contribution in [1.82, 2.24) is 9.97 Å². The molecule has 0 spiro atoms. The summed E-state index contributed by atoms with van der Waals surface area (Å²) in [6, 6.07) is 7.89. The second kappa shape index (κ2) is 7.14. The lowest BCUT2D eigenvalue weighted by Crippen LogP contribution is -2.37. The third-order valence-electron chi connectivity index (χ3n) is 4.50. The molecule has 132 valence electrons. The van der Waals surface area contributed by atoms with Gasteiger partial charge in [0, 0.05) is 37.5 Å². The Morgan fingerprint density at radius 3 is 2.72 bits per heavy atom. The van der Waals surface area contributed by atoms with E-state index in [4.69, 9.17) is 19.2 Å². The van der Waals surface area contributed by atoms with Crippen LogP contribution in [-0.4, -0.2) is 56.5 Å². The molecule has 25 heavy (non-hydrogen) atoms. The first kappa shape index (κ1) is 16.0. The van der Waals surface area contributed by atoms with E-state index in [1.807, 2.05) is 30.5 Å². The zero-order valence-corrected chi connectivity index (χ0v) is 14.4. The molecule has 1 saturated heterocycles. The van der Waals surface area contributed by atoms with Crippen LogP contribution in [0.25, 0.3) is 0 Å². The molecule has 4 rings (SSSR count). The molecule has 0 unspecified atom stereocenters. The summed E-state index contributed by atoms with van der Waals surface area (Å²) < 4.78 is 16.6. The highest BCUT2D eigenvalue weighted by molar-refractivity contribution is 5.47. The van der Waals surface area contributed by atoms with Crippen molar-refractivity contribution in [3.63, 3.8) is 0 Å². The fourth-order valence-electron chi connectivity index (χ4n) is 3.11. The number of fused-ring (bicyclic) bond motifs is 1. The molecule has 0 atom stereocenters. The highest BCUT2D eigenvalue weighted by Gasteiger charge is 2.20. The average molecular weight is 342 g/mol. The molecule has 0 saturated carbocycles. The second-order valence-electron chi connectivity index (χ2n) is 6.06. The Morgan fingerprint density at radius 2 is 1.88 bits per heavy atom. The smallest absolute Gasteiger partial charge is 0.227 e. The lowest BCUT2D eigenvalue weighted by Gasteiger charge is -2.28. The number of aromatic nitrogens is 2. The molecule has 2 aliphatic rings. The number of nitrogens with zero attached hydrogens (tertiary/aromatic N) is 4. The first-order valence-corrected chi connectivity index (χ1v) is 8.54. The maximum Gasteiger partial charge on any atom is 0.227 e. The molecular weight excluding hydrogens is 320 g/mol. The fraction of sp³-hybridized carbons (Fsp3) is 0.444. The number of morpholine rings is 1. The summed E-state index contributed by atoms with van der Waals surface area (Å²) in [5.74, 6) is 3.36. The Kier molecular flexibility index (Phi) is 4.56. The molecule has 1 aromatic heterocycles. The number of benzene rings is 1. The Hall–Kier alpha value is -2.54. The van der Waals surface area contributed by atoms with Gasteiger partial charge >= 0.3 is 0 Å². The van der Waals surface area contributed by atoms with Crippen LogP contribution >= 0.6 is 0 Å². The molecule has 0 N–H and O–H groups in total. The predicted octanol–water partition coefficient (Wildman–Crippen LogP) is 1.72. The summed E-state index contributed by atoms with van der Waals surface area (Å²) in [5.41, 5.74) is 1.11. The molecule has 0 radical (unpaired) electrons. The van der Waals surface area contributed by atoms with Gasteiger partial charge in [-0.3, -0.25) is 0 Å². The molecule has 0 aliphatic carbocycles. The Labute approximate surface area is 147 Å². The summed E-state index contributed by atoms with van der Waals surface area (Å²) in [5, 5.41) is 0. The molecular formula is C18H22N4O3. The maximum absolute atomic E-state index is 5.89. The van der Waals surface area contributed by atoms with Gasteiger partial charge in [-0.1, -0.05) is 0 Å². The van der Waals surface area contributed by atoms with Crippen LogP contribution in [-0.2, 0) is 11.3 Å². The van der Waals surface area contributed by atoms with Crippen LogP contribution in [0, 0.1) is 0 Å². The second-order valence-corrected chi connectivity index (χ2v) is 6.06. The van der Waals surface area contributed by atoms with Gasteiger partial charge < -0.3 is 24.0 Å². The molecule has 1 fully saturated rings. The molecule has 3 heterocycles. The van der Waals surface area contributed by atoms with Crippen molar-refractivity contribution >= 4 is 11.8 Å². The van der Waals surface area contributed by atoms with Crippen LogP contribution in [0.15, 0.2) is 30.5 Å². The molecule has 0 bridgehead atoms. The van der Waals surface area contributed by atoms with E-state index in [2.05, 4.69) is 14.8 Å². The number of hydrogen-bond acceptors (Lipinski definition) is 7. The number of methoxy groups -OCH3 is 1. The van der Waals surface area contributed by atoms with Crippen LogP contribution in [0.4, 0.5) is 11.8 Å². The van der Waals surface area contributed by atoms with Gasteiger partial charge in [-0.05, 0) is 18.2 Å². The Balaban J connectivity index is 1.56. The van der Waals surface area contributed by atoms with Gasteiger partial charge in [0.15, 0.2) is 0 Å². The van der Waals surface area contributed by atoms with Crippen LogP contribution in [0.3, 0.4) is 0 Å². The third kappa shape index (κ3) is 3.46. The number of anilines is 2. The van der Waals surface area contributed by atoms with Crippen LogP contribution in [0.5, 0.6) is 11.5 Å². The Bertz CT molecular complexity index is 734. The van der Waals surface area contributed by atoms with Gasteiger partial charge in [-0.15, -0.1) is 0 Å². The van der Waals surface area contributed by atoms with Crippen molar-refractivity contribution in [2.75, 3.05) is 56.4 Å². The minimum absolute atomic E-state index is 0.589. The van der Waals surface area contributed by atoms with E-state index in [9.17, 15) is 0 Å². The third-order valence-corrected chi connectivity index (χ3v) is 4.50. The minimum Gasteiger partial charge on any atom is -0.497 e. The van der Waals surface area contributed by atoms with E-state index >= 15 is 0 Å². The normalized spacial score (nSPS) is 17.5. The summed E-state index contributed by atoms with van der Waals surface area (Å²) in [4.78, 5) is 13.6.